The Bertz CT molecular complexity index is 837. The number of nitrogens with zero attached hydrogens (tertiary/aromatic N) is 1. The maximum atomic E-state index is 12.6. The van der Waals surface area contributed by atoms with Crippen LogP contribution in [0.3, 0.4) is 0 Å². The number of anilines is 1. The summed E-state index contributed by atoms with van der Waals surface area (Å²) in [7, 11) is 0. The molecule has 1 saturated heterocycles. The van der Waals surface area contributed by atoms with E-state index in [2.05, 4.69) is 26.1 Å². The first-order valence-electron chi connectivity index (χ1n) is 10.4. The predicted molar refractivity (Wildman–Crippen MR) is 115 cm³/mol. The van der Waals surface area contributed by atoms with Gasteiger partial charge in [-0.05, 0) is 75.4 Å². The molecule has 2 aromatic carbocycles. The number of para-hydroxylation sites is 1. The minimum Gasteiger partial charge on any atom is -0.484 e. The average Bonchev–Trinajstić information content (AvgIpc) is 2.73. The van der Waals surface area contributed by atoms with Crippen LogP contribution in [0.15, 0.2) is 48.5 Å². The van der Waals surface area contributed by atoms with Crippen LogP contribution < -0.4 is 10.1 Å². The normalized spacial score (nSPS) is 18.9. The predicted octanol–water partition coefficient (Wildman–Crippen LogP) is 4.67. The van der Waals surface area contributed by atoms with Gasteiger partial charge in [0.15, 0.2) is 6.61 Å². The van der Waals surface area contributed by atoms with Crippen LogP contribution in [-0.4, -0.2) is 35.4 Å². The van der Waals surface area contributed by atoms with Crippen molar-refractivity contribution in [3.05, 3.63) is 59.7 Å². The molecule has 1 aliphatic heterocycles. The zero-order valence-corrected chi connectivity index (χ0v) is 17.5. The van der Waals surface area contributed by atoms with E-state index in [-0.39, 0.29) is 30.5 Å². The third kappa shape index (κ3) is 5.17. The Hall–Kier alpha value is -2.82. The van der Waals surface area contributed by atoms with Gasteiger partial charge in [-0.25, -0.2) is 0 Å². The molecule has 2 atom stereocenters. The summed E-state index contributed by atoms with van der Waals surface area (Å²) in [5.74, 6) is 0.438. The molecule has 0 saturated carbocycles. The van der Waals surface area contributed by atoms with Gasteiger partial charge >= 0.3 is 0 Å². The molecule has 3 rings (SSSR count). The van der Waals surface area contributed by atoms with Gasteiger partial charge in [-0.3, -0.25) is 9.59 Å². The lowest BCUT2D eigenvalue weighted by Gasteiger charge is -2.38. The Morgan fingerprint density at radius 1 is 1.03 bits per heavy atom. The van der Waals surface area contributed by atoms with Crippen molar-refractivity contribution in [3.8, 4) is 5.75 Å². The Balaban J connectivity index is 1.57. The van der Waals surface area contributed by atoms with E-state index in [1.165, 1.54) is 6.42 Å². The molecule has 2 aromatic rings. The second-order valence-corrected chi connectivity index (χ2v) is 7.71. The van der Waals surface area contributed by atoms with E-state index in [0.717, 1.165) is 30.5 Å². The van der Waals surface area contributed by atoms with Crippen molar-refractivity contribution in [2.24, 2.45) is 0 Å². The molecule has 5 heteroatoms. The number of piperidine rings is 1. The molecule has 1 heterocycles. The molecule has 5 nitrogen and oxygen atoms in total. The zero-order chi connectivity index (χ0) is 20.8. The van der Waals surface area contributed by atoms with Gasteiger partial charge in [-0.2, -0.15) is 0 Å². The highest BCUT2D eigenvalue weighted by molar-refractivity contribution is 6.04. The molecule has 0 unspecified atom stereocenters. The average molecular weight is 395 g/mol. The summed E-state index contributed by atoms with van der Waals surface area (Å²) >= 11 is 0. The van der Waals surface area contributed by atoms with E-state index in [4.69, 9.17) is 4.74 Å². The van der Waals surface area contributed by atoms with Crippen LogP contribution in [0.25, 0.3) is 0 Å². The van der Waals surface area contributed by atoms with Gasteiger partial charge in [0.2, 0.25) is 0 Å². The molecule has 0 aliphatic carbocycles. The standard InChI is InChI=1S/C24H30N2O3/c1-4-19-10-5-6-11-22(19)25-24(28)20-12-14-21(15-13-20)29-16-23(27)26-17(2)8-7-9-18(26)3/h5-6,10-15,17-18H,4,7-9,16H2,1-3H3,(H,25,28)/t17-,18-/m1/s1. The number of aryl methyl sites for hydroxylation is 1. The van der Waals surface area contributed by atoms with Gasteiger partial charge in [0.05, 0.1) is 0 Å². The first kappa shape index (κ1) is 20.9. The lowest BCUT2D eigenvalue weighted by Crippen LogP contribution is -2.49. The number of hydrogen-bond acceptors (Lipinski definition) is 3. The van der Waals surface area contributed by atoms with Crippen molar-refractivity contribution in [2.45, 2.75) is 58.5 Å². The summed E-state index contributed by atoms with van der Waals surface area (Å²) in [6.07, 6.45) is 4.10. The van der Waals surface area contributed by atoms with Crippen LogP contribution in [0, 0.1) is 0 Å². The number of ether oxygens (including phenoxy) is 1. The molecule has 0 aromatic heterocycles. The van der Waals surface area contributed by atoms with E-state index < -0.39 is 0 Å². The van der Waals surface area contributed by atoms with E-state index in [9.17, 15) is 9.59 Å². The largest absolute Gasteiger partial charge is 0.484 e. The van der Waals surface area contributed by atoms with Crippen molar-refractivity contribution in [3.63, 3.8) is 0 Å². The van der Waals surface area contributed by atoms with Gasteiger partial charge in [0, 0.05) is 23.3 Å². The zero-order valence-electron chi connectivity index (χ0n) is 17.5. The summed E-state index contributed by atoms with van der Waals surface area (Å²) in [6.45, 7) is 6.27. The third-order valence-corrected chi connectivity index (χ3v) is 5.61. The van der Waals surface area contributed by atoms with E-state index >= 15 is 0 Å². The molecule has 29 heavy (non-hydrogen) atoms. The van der Waals surface area contributed by atoms with E-state index in [1.54, 1.807) is 24.3 Å². The Morgan fingerprint density at radius 3 is 2.34 bits per heavy atom. The van der Waals surface area contributed by atoms with Crippen molar-refractivity contribution in [1.82, 2.24) is 4.90 Å². The fraction of sp³-hybridized carbons (Fsp3) is 0.417. The molecule has 1 N–H and O–H groups in total. The highest BCUT2D eigenvalue weighted by atomic mass is 16.5. The van der Waals surface area contributed by atoms with Gasteiger partial charge in [-0.1, -0.05) is 25.1 Å². The molecule has 2 amide bonds. The molecule has 0 spiro atoms. The molecule has 0 bridgehead atoms. The number of hydrogen-bond donors (Lipinski definition) is 1. The number of rotatable bonds is 6. The first-order valence-corrected chi connectivity index (χ1v) is 10.4. The molecule has 0 radical (unpaired) electrons. The van der Waals surface area contributed by atoms with Crippen LogP contribution >= 0.6 is 0 Å². The summed E-state index contributed by atoms with van der Waals surface area (Å²) < 4.78 is 5.68. The number of carbonyl (C=O) groups is 2. The lowest BCUT2D eigenvalue weighted by atomic mass is 9.97. The molecule has 1 fully saturated rings. The highest BCUT2D eigenvalue weighted by Crippen LogP contribution is 2.23. The second kappa shape index (κ2) is 9.59. The number of likely N-dealkylation sites (tertiary alicyclic amines) is 1. The molecule has 154 valence electrons. The van der Waals surface area contributed by atoms with E-state index in [1.807, 2.05) is 29.2 Å². The van der Waals surface area contributed by atoms with Crippen molar-refractivity contribution in [2.75, 3.05) is 11.9 Å². The fourth-order valence-electron chi connectivity index (χ4n) is 3.98. The van der Waals surface area contributed by atoms with Crippen molar-refractivity contribution < 1.29 is 14.3 Å². The number of carbonyl (C=O) groups excluding carboxylic acids is 2. The molecular weight excluding hydrogens is 364 g/mol. The van der Waals surface area contributed by atoms with Crippen LogP contribution in [0.4, 0.5) is 5.69 Å². The van der Waals surface area contributed by atoms with Crippen molar-refractivity contribution >= 4 is 17.5 Å². The summed E-state index contributed by atoms with van der Waals surface area (Å²) in [6, 6.07) is 15.2. The Labute approximate surface area is 173 Å². The Kier molecular flexibility index (Phi) is 6.91. The molecular formula is C24H30N2O3. The second-order valence-electron chi connectivity index (χ2n) is 7.71. The first-order chi connectivity index (χ1) is 14.0. The van der Waals surface area contributed by atoms with Crippen LogP contribution in [0.1, 0.15) is 56.0 Å². The van der Waals surface area contributed by atoms with Gasteiger partial charge in [0.25, 0.3) is 11.8 Å². The minimum absolute atomic E-state index is 0.0164. The van der Waals surface area contributed by atoms with Crippen LogP contribution in [-0.2, 0) is 11.2 Å². The Morgan fingerprint density at radius 2 is 1.69 bits per heavy atom. The highest BCUT2D eigenvalue weighted by Gasteiger charge is 2.28. The topological polar surface area (TPSA) is 58.6 Å². The minimum atomic E-state index is -0.163. The quantitative estimate of drug-likeness (QED) is 0.775. The fourth-order valence-corrected chi connectivity index (χ4v) is 3.98. The smallest absolute Gasteiger partial charge is 0.260 e. The number of nitrogens with one attached hydrogen (secondary N) is 1. The maximum Gasteiger partial charge on any atom is 0.260 e. The summed E-state index contributed by atoms with van der Waals surface area (Å²) in [5.41, 5.74) is 2.48. The summed E-state index contributed by atoms with van der Waals surface area (Å²) in [4.78, 5) is 27.0. The van der Waals surface area contributed by atoms with Gasteiger partial charge in [0.1, 0.15) is 5.75 Å². The monoisotopic (exact) mass is 394 g/mol. The maximum absolute atomic E-state index is 12.6. The van der Waals surface area contributed by atoms with Gasteiger partial charge in [-0.15, -0.1) is 0 Å². The number of benzene rings is 2. The van der Waals surface area contributed by atoms with Crippen molar-refractivity contribution in [1.29, 1.82) is 0 Å². The van der Waals surface area contributed by atoms with Crippen LogP contribution in [0.5, 0.6) is 5.75 Å². The van der Waals surface area contributed by atoms with Gasteiger partial charge < -0.3 is 15.0 Å². The van der Waals surface area contributed by atoms with E-state index in [0.29, 0.717) is 11.3 Å². The number of amides is 2. The summed E-state index contributed by atoms with van der Waals surface area (Å²) in [5, 5.41) is 2.96. The lowest BCUT2D eigenvalue weighted by molar-refractivity contribution is -0.139. The van der Waals surface area contributed by atoms with Crippen LogP contribution in [0.2, 0.25) is 0 Å². The molecule has 1 aliphatic rings. The SMILES string of the molecule is CCc1ccccc1NC(=O)c1ccc(OCC(=O)N2[C@H](C)CCC[C@H]2C)cc1. The third-order valence-electron chi connectivity index (χ3n) is 5.61.